The van der Waals surface area contributed by atoms with E-state index in [1.54, 1.807) is 15.7 Å². The van der Waals surface area contributed by atoms with Gasteiger partial charge in [0.2, 0.25) is 0 Å². The zero-order valence-electron chi connectivity index (χ0n) is 17.2. The number of pyridine rings is 1. The number of hydrogen-bond donors (Lipinski definition) is 1. The normalized spacial score (nSPS) is 12.9. The highest BCUT2D eigenvalue weighted by atomic mass is 16.2. The van der Waals surface area contributed by atoms with Crippen molar-refractivity contribution in [1.29, 1.82) is 0 Å². The number of carbonyl (C=O) groups is 2. The van der Waals surface area contributed by atoms with Crippen LogP contribution in [0.15, 0.2) is 60.0 Å². The smallest absolute Gasteiger partial charge is 0.263 e. The Morgan fingerprint density at radius 3 is 2.58 bits per heavy atom. The van der Waals surface area contributed by atoms with Crippen molar-refractivity contribution in [1.82, 2.24) is 24.8 Å². The van der Waals surface area contributed by atoms with Gasteiger partial charge in [-0.3, -0.25) is 14.4 Å². The molecule has 0 atom stereocenters. The largest absolute Gasteiger partial charge is 0.355 e. The number of nitrogens with zero attached hydrogens (tertiary/aromatic N) is 4. The lowest BCUT2D eigenvalue weighted by Crippen LogP contribution is -2.41. The molecule has 1 aliphatic rings. The Bertz CT molecular complexity index is 1160. The van der Waals surface area contributed by atoms with Crippen LogP contribution in [0.3, 0.4) is 0 Å². The van der Waals surface area contributed by atoms with Gasteiger partial charge in [-0.05, 0) is 29.5 Å². The van der Waals surface area contributed by atoms with Crippen molar-refractivity contribution in [3.05, 3.63) is 93.4 Å². The van der Waals surface area contributed by atoms with E-state index in [-0.39, 0.29) is 17.0 Å². The van der Waals surface area contributed by atoms with Crippen molar-refractivity contribution in [2.45, 2.75) is 25.9 Å². The molecule has 1 N–H and O–H groups in total. The Kier molecular flexibility index (Phi) is 5.88. The molecule has 0 bridgehead atoms. The van der Waals surface area contributed by atoms with Gasteiger partial charge in [-0.2, -0.15) is 0 Å². The lowest BCUT2D eigenvalue weighted by molar-refractivity contribution is 0.0733. The van der Waals surface area contributed by atoms with Crippen LogP contribution in [0.5, 0.6) is 0 Å². The minimum absolute atomic E-state index is 0.170. The number of hydrogen-bond acceptors (Lipinski definition) is 5. The molecule has 0 spiro atoms. The molecule has 2 aromatic heterocycles. The maximum atomic E-state index is 13.1. The molecule has 1 aromatic carbocycles. The number of aryl methyl sites for hydroxylation is 2. The summed E-state index contributed by atoms with van der Waals surface area (Å²) in [6.07, 6.45) is 7.24. The van der Waals surface area contributed by atoms with E-state index < -0.39 is 5.91 Å². The fraction of sp³-hybridized carbons (Fsp3) is 0.261. The van der Waals surface area contributed by atoms with Crippen molar-refractivity contribution in [3.8, 4) is 0 Å². The van der Waals surface area contributed by atoms with Crippen LogP contribution in [0, 0.1) is 0 Å². The van der Waals surface area contributed by atoms with Crippen molar-refractivity contribution >= 4 is 11.8 Å². The Morgan fingerprint density at radius 2 is 1.87 bits per heavy atom. The van der Waals surface area contributed by atoms with Crippen LogP contribution in [0.1, 0.15) is 37.4 Å². The molecule has 3 heterocycles. The first-order chi connectivity index (χ1) is 15.1. The van der Waals surface area contributed by atoms with E-state index in [9.17, 15) is 14.4 Å². The third-order valence-electron chi connectivity index (χ3n) is 5.50. The highest BCUT2D eigenvalue weighted by molar-refractivity contribution is 5.96. The van der Waals surface area contributed by atoms with Crippen LogP contribution in [0.25, 0.3) is 0 Å². The van der Waals surface area contributed by atoms with E-state index in [2.05, 4.69) is 15.3 Å². The number of amides is 2. The summed E-state index contributed by atoms with van der Waals surface area (Å²) in [7, 11) is 1.52. The van der Waals surface area contributed by atoms with Gasteiger partial charge < -0.3 is 14.8 Å². The standard InChI is InChI=1S/C23H23N5O3/c1-24-21(29)20-19-8-10-27(22(30)17-11-25-15-26-12-17)13-18(19)14-28(23(20)31)9-7-16-5-3-2-4-6-16/h2-6,11-12,14-15H,7-10,13H2,1H3,(H,24,29). The molecule has 0 saturated heterocycles. The molecule has 158 valence electrons. The van der Waals surface area contributed by atoms with Crippen LogP contribution in [0.2, 0.25) is 0 Å². The average Bonchev–Trinajstić information content (AvgIpc) is 2.82. The van der Waals surface area contributed by atoms with E-state index in [4.69, 9.17) is 0 Å². The van der Waals surface area contributed by atoms with Crippen LogP contribution in [-0.4, -0.2) is 44.8 Å². The Balaban J connectivity index is 1.67. The number of benzene rings is 1. The summed E-state index contributed by atoms with van der Waals surface area (Å²) < 4.78 is 1.58. The highest BCUT2D eigenvalue weighted by Gasteiger charge is 2.28. The number of rotatable bonds is 5. The van der Waals surface area contributed by atoms with Gasteiger partial charge in [0.1, 0.15) is 11.9 Å². The molecule has 8 nitrogen and oxygen atoms in total. The molecular weight excluding hydrogens is 394 g/mol. The summed E-state index contributed by atoms with van der Waals surface area (Å²) in [5, 5.41) is 2.58. The third kappa shape index (κ3) is 4.23. The van der Waals surface area contributed by atoms with E-state index in [0.717, 1.165) is 11.1 Å². The lowest BCUT2D eigenvalue weighted by atomic mass is 9.95. The summed E-state index contributed by atoms with van der Waals surface area (Å²) in [6, 6.07) is 9.87. The van der Waals surface area contributed by atoms with Gasteiger partial charge >= 0.3 is 0 Å². The van der Waals surface area contributed by atoms with Crippen molar-refractivity contribution in [2.24, 2.45) is 0 Å². The van der Waals surface area contributed by atoms with Gasteiger partial charge in [0.25, 0.3) is 17.4 Å². The summed E-state index contributed by atoms with van der Waals surface area (Å²) in [5.74, 6) is -0.568. The minimum Gasteiger partial charge on any atom is -0.355 e. The van der Waals surface area contributed by atoms with E-state index in [1.165, 1.54) is 25.8 Å². The molecule has 0 saturated carbocycles. The van der Waals surface area contributed by atoms with Gasteiger partial charge in [-0.25, -0.2) is 9.97 Å². The lowest BCUT2D eigenvalue weighted by Gasteiger charge is -2.30. The Labute approximate surface area is 179 Å². The molecule has 0 aliphatic carbocycles. The van der Waals surface area contributed by atoms with E-state index in [0.29, 0.717) is 43.6 Å². The molecule has 8 heteroatoms. The highest BCUT2D eigenvalue weighted by Crippen LogP contribution is 2.22. The topological polar surface area (TPSA) is 97.2 Å². The maximum Gasteiger partial charge on any atom is 0.263 e. The van der Waals surface area contributed by atoms with Gasteiger partial charge in [0.05, 0.1) is 5.56 Å². The SMILES string of the molecule is CNC(=O)c1c2c(cn(CCc3ccccc3)c1=O)CN(C(=O)c1cncnc1)CC2. The Morgan fingerprint density at radius 1 is 1.13 bits per heavy atom. The minimum atomic E-state index is -0.397. The zero-order chi connectivity index (χ0) is 21.8. The first-order valence-electron chi connectivity index (χ1n) is 10.1. The fourth-order valence-electron chi connectivity index (χ4n) is 3.90. The monoisotopic (exact) mass is 417 g/mol. The Hall–Kier alpha value is -3.81. The molecule has 31 heavy (non-hydrogen) atoms. The molecular formula is C23H23N5O3. The molecule has 0 unspecified atom stereocenters. The summed E-state index contributed by atoms with van der Waals surface area (Å²) >= 11 is 0. The third-order valence-corrected chi connectivity index (χ3v) is 5.50. The van der Waals surface area contributed by atoms with Crippen LogP contribution in [-0.2, 0) is 25.9 Å². The van der Waals surface area contributed by atoms with Crippen LogP contribution < -0.4 is 10.9 Å². The maximum absolute atomic E-state index is 13.1. The fourth-order valence-corrected chi connectivity index (χ4v) is 3.90. The first-order valence-corrected chi connectivity index (χ1v) is 10.1. The van der Waals surface area contributed by atoms with Gasteiger partial charge in [-0.1, -0.05) is 30.3 Å². The predicted molar refractivity (Wildman–Crippen MR) is 115 cm³/mol. The van der Waals surface area contributed by atoms with Crippen LogP contribution >= 0.6 is 0 Å². The number of aromatic nitrogens is 3. The van der Waals surface area contributed by atoms with Crippen molar-refractivity contribution in [3.63, 3.8) is 0 Å². The van der Waals surface area contributed by atoms with Gasteiger partial charge in [-0.15, -0.1) is 0 Å². The molecule has 2 amide bonds. The van der Waals surface area contributed by atoms with Gasteiger partial charge in [0.15, 0.2) is 0 Å². The molecule has 1 aliphatic heterocycles. The van der Waals surface area contributed by atoms with Crippen molar-refractivity contribution < 1.29 is 9.59 Å². The van der Waals surface area contributed by atoms with Crippen molar-refractivity contribution in [2.75, 3.05) is 13.6 Å². The second-order valence-corrected chi connectivity index (χ2v) is 7.43. The molecule has 0 radical (unpaired) electrons. The summed E-state index contributed by atoms with van der Waals surface area (Å²) in [4.78, 5) is 48.0. The van der Waals surface area contributed by atoms with Crippen LogP contribution in [0.4, 0.5) is 0 Å². The zero-order valence-corrected chi connectivity index (χ0v) is 17.2. The number of carbonyl (C=O) groups excluding carboxylic acids is 2. The number of nitrogens with one attached hydrogen (secondary N) is 1. The average molecular weight is 417 g/mol. The number of fused-ring (bicyclic) bond motifs is 1. The van der Waals surface area contributed by atoms with E-state index >= 15 is 0 Å². The molecule has 3 aromatic rings. The first kappa shape index (κ1) is 20.5. The molecule has 4 rings (SSSR count). The second-order valence-electron chi connectivity index (χ2n) is 7.43. The quantitative estimate of drug-likeness (QED) is 0.678. The summed E-state index contributed by atoms with van der Waals surface area (Å²) in [5.41, 5.74) is 2.91. The summed E-state index contributed by atoms with van der Waals surface area (Å²) in [6.45, 7) is 1.18. The predicted octanol–water partition coefficient (Wildman–Crippen LogP) is 1.44. The van der Waals surface area contributed by atoms with E-state index in [1.807, 2.05) is 30.3 Å². The van der Waals surface area contributed by atoms with Gasteiger partial charge in [0, 0.05) is 45.3 Å². The molecule has 0 fully saturated rings. The second kappa shape index (κ2) is 8.91.